The lowest BCUT2D eigenvalue weighted by Crippen LogP contribution is -2.29. The van der Waals surface area contributed by atoms with Crippen molar-refractivity contribution in [3.63, 3.8) is 0 Å². The van der Waals surface area contributed by atoms with Crippen molar-refractivity contribution in [2.45, 2.75) is 19.5 Å². The Labute approximate surface area is 111 Å². The van der Waals surface area contributed by atoms with E-state index in [9.17, 15) is 18.4 Å². The molecule has 0 fully saturated rings. The molecule has 2 aromatic rings. The number of alkyl halides is 2. The van der Waals surface area contributed by atoms with Crippen LogP contribution in [0.5, 0.6) is 5.88 Å². The zero-order valence-corrected chi connectivity index (χ0v) is 10.2. The first-order valence-corrected chi connectivity index (χ1v) is 5.75. The summed E-state index contributed by atoms with van der Waals surface area (Å²) in [7, 11) is 0. The number of pyridine rings is 1. The molecule has 0 unspecified atom stereocenters. The van der Waals surface area contributed by atoms with Gasteiger partial charge in [-0.1, -0.05) is 6.07 Å². The first-order valence-electron chi connectivity index (χ1n) is 5.75. The van der Waals surface area contributed by atoms with Gasteiger partial charge in [-0.3, -0.25) is 9.59 Å². The monoisotopic (exact) mass is 283 g/mol. The summed E-state index contributed by atoms with van der Waals surface area (Å²) in [6.45, 7) is -2.90. The number of rotatable bonds is 5. The number of aryl methyl sites for hydroxylation is 2. The maximum atomic E-state index is 11.9. The summed E-state index contributed by atoms with van der Waals surface area (Å²) in [4.78, 5) is 30.5. The van der Waals surface area contributed by atoms with Crippen LogP contribution in [-0.2, 0) is 12.8 Å². The Morgan fingerprint density at radius 2 is 2.00 bits per heavy atom. The first kappa shape index (κ1) is 13.9. The van der Waals surface area contributed by atoms with Crippen LogP contribution >= 0.6 is 0 Å². The number of halogens is 2. The third-order valence-electron chi connectivity index (χ3n) is 2.55. The highest BCUT2D eigenvalue weighted by Gasteiger charge is 2.05. The van der Waals surface area contributed by atoms with Crippen LogP contribution in [0.1, 0.15) is 11.3 Å². The van der Waals surface area contributed by atoms with E-state index in [1.807, 2.05) is 0 Å². The van der Waals surface area contributed by atoms with Crippen molar-refractivity contribution >= 4 is 0 Å². The predicted molar refractivity (Wildman–Crippen MR) is 66.0 cm³/mol. The molecule has 2 N–H and O–H groups in total. The maximum Gasteiger partial charge on any atom is 0.388 e. The molecule has 2 rings (SSSR count). The van der Waals surface area contributed by atoms with Gasteiger partial charge in [-0.15, -0.1) is 0 Å². The van der Waals surface area contributed by atoms with Gasteiger partial charge < -0.3 is 14.7 Å². The molecular formula is C12H11F2N3O3. The molecule has 0 bridgehead atoms. The Hall–Kier alpha value is -2.51. The molecule has 0 aromatic carbocycles. The van der Waals surface area contributed by atoms with Crippen molar-refractivity contribution < 1.29 is 13.5 Å². The van der Waals surface area contributed by atoms with Crippen LogP contribution in [0.2, 0.25) is 0 Å². The molecule has 0 spiro atoms. The van der Waals surface area contributed by atoms with Crippen LogP contribution in [0.15, 0.2) is 34.1 Å². The number of H-pyrrole nitrogens is 2. The summed E-state index contributed by atoms with van der Waals surface area (Å²) in [6.07, 6.45) is 3.85. The van der Waals surface area contributed by atoms with Crippen molar-refractivity contribution in [2.24, 2.45) is 0 Å². The standard InChI is InChI=1S/C12H11F2N3O3/c13-12(14)20-9-4-2-7(5-15-9)1-3-8-6-16-10(18)11(19)17-8/h2,4-6,12H,1,3H2,(H,16,18)(H,17,19). The highest BCUT2D eigenvalue weighted by molar-refractivity contribution is 5.18. The van der Waals surface area contributed by atoms with E-state index in [1.165, 1.54) is 18.5 Å². The minimum Gasteiger partial charge on any atom is -0.417 e. The van der Waals surface area contributed by atoms with E-state index in [0.717, 1.165) is 5.56 Å². The van der Waals surface area contributed by atoms with Gasteiger partial charge in [0.15, 0.2) is 0 Å². The maximum absolute atomic E-state index is 11.9. The van der Waals surface area contributed by atoms with Gasteiger partial charge in [0.2, 0.25) is 5.88 Å². The average Bonchev–Trinajstić information content (AvgIpc) is 2.41. The van der Waals surface area contributed by atoms with Crippen molar-refractivity contribution in [3.8, 4) is 5.88 Å². The van der Waals surface area contributed by atoms with Crippen molar-refractivity contribution in [1.82, 2.24) is 15.0 Å². The fourth-order valence-electron chi connectivity index (χ4n) is 1.59. The van der Waals surface area contributed by atoms with E-state index in [-0.39, 0.29) is 5.88 Å². The zero-order chi connectivity index (χ0) is 14.5. The summed E-state index contributed by atoms with van der Waals surface area (Å²) in [5.41, 5.74) is -0.0496. The average molecular weight is 283 g/mol. The van der Waals surface area contributed by atoms with Crippen molar-refractivity contribution in [2.75, 3.05) is 0 Å². The summed E-state index contributed by atoms with van der Waals surface area (Å²) in [6, 6.07) is 2.95. The number of aromatic amines is 2. The third-order valence-corrected chi connectivity index (χ3v) is 2.55. The fourth-order valence-corrected chi connectivity index (χ4v) is 1.59. The molecule has 0 amide bonds. The zero-order valence-electron chi connectivity index (χ0n) is 10.2. The second-order valence-corrected chi connectivity index (χ2v) is 3.98. The number of hydrogen-bond donors (Lipinski definition) is 2. The lowest BCUT2D eigenvalue weighted by molar-refractivity contribution is -0.0528. The van der Waals surface area contributed by atoms with Gasteiger partial charge in [0.05, 0.1) is 0 Å². The summed E-state index contributed by atoms with van der Waals surface area (Å²) in [5, 5.41) is 0. The van der Waals surface area contributed by atoms with Gasteiger partial charge in [-0.05, 0) is 18.4 Å². The van der Waals surface area contributed by atoms with E-state index in [4.69, 9.17) is 0 Å². The van der Waals surface area contributed by atoms with E-state index in [0.29, 0.717) is 18.5 Å². The van der Waals surface area contributed by atoms with Crippen molar-refractivity contribution in [3.05, 3.63) is 56.5 Å². The first-order chi connectivity index (χ1) is 9.54. The van der Waals surface area contributed by atoms with E-state index >= 15 is 0 Å². The fraction of sp³-hybridized carbons (Fsp3) is 0.250. The number of nitrogens with one attached hydrogen (secondary N) is 2. The lowest BCUT2D eigenvalue weighted by Gasteiger charge is -2.04. The van der Waals surface area contributed by atoms with Gasteiger partial charge in [0.1, 0.15) is 0 Å². The lowest BCUT2D eigenvalue weighted by atomic mass is 10.1. The highest BCUT2D eigenvalue weighted by Crippen LogP contribution is 2.11. The molecule has 6 nitrogen and oxygen atoms in total. The normalized spacial score (nSPS) is 10.8. The van der Waals surface area contributed by atoms with Gasteiger partial charge in [-0.2, -0.15) is 8.78 Å². The van der Waals surface area contributed by atoms with E-state index < -0.39 is 17.7 Å². The quantitative estimate of drug-likeness (QED) is 0.796. The Bertz CT molecular complexity index is 679. The van der Waals surface area contributed by atoms with Gasteiger partial charge in [0, 0.05) is 24.2 Å². The second kappa shape index (κ2) is 6.09. The van der Waals surface area contributed by atoms with Gasteiger partial charge in [-0.25, -0.2) is 4.98 Å². The molecule has 2 heterocycles. The minimum absolute atomic E-state index is 0.152. The molecule has 0 saturated carbocycles. The van der Waals surface area contributed by atoms with Crippen LogP contribution in [-0.4, -0.2) is 21.6 Å². The Kier molecular flexibility index (Phi) is 4.24. The Balaban J connectivity index is 1.98. The Morgan fingerprint density at radius 1 is 1.20 bits per heavy atom. The molecule has 2 aromatic heterocycles. The van der Waals surface area contributed by atoms with Crippen LogP contribution in [0.25, 0.3) is 0 Å². The third kappa shape index (κ3) is 3.74. The smallest absolute Gasteiger partial charge is 0.388 e. The van der Waals surface area contributed by atoms with Crippen LogP contribution in [0, 0.1) is 0 Å². The van der Waals surface area contributed by atoms with E-state index in [1.54, 1.807) is 6.07 Å². The molecule has 0 aliphatic rings. The molecule has 8 heteroatoms. The van der Waals surface area contributed by atoms with E-state index in [2.05, 4.69) is 19.7 Å². The number of hydrogen-bond acceptors (Lipinski definition) is 4. The van der Waals surface area contributed by atoms with Crippen LogP contribution < -0.4 is 15.9 Å². The number of nitrogens with zero attached hydrogens (tertiary/aromatic N) is 1. The molecule has 0 aliphatic heterocycles. The van der Waals surface area contributed by atoms with Gasteiger partial charge in [0.25, 0.3) is 0 Å². The summed E-state index contributed by atoms with van der Waals surface area (Å²) >= 11 is 0. The SMILES string of the molecule is O=c1[nH]cc(CCc2ccc(OC(F)F)nc2)[nH]c1=O. The predicted octanol–water partition coefficient (Wildman–Crippen LogP) is 0.845. The Morgan fingerprint density at radius 3 is 2.60 bits per heavy atom. The molecular weight excluding hydrogens is 272 g/mol. The number of ether oxygens (including phenoxy) is 1. The minimum atomic E-state index is -2.90. The number of aromatic nitrogens is 3. The largest absolute Gasteiger partial charge is 0.417 e. The molecule has 20 heavy (non-hydrogen) atoms. The molecule has 0 saturated heterocycles. The topological polar surface area (TPSA) is 87.8 Å². The second-order valence-electron chi connectivity index (χ2n) is 3.98. The summed E-state index contributed by atoms with van der Waals surface area (Å²) in [5.74, 6) is -0.152. The molecule has 0 aliphatic carbocycles. The van der Waals surface area contributed by atoms with Crippen molar-refractivity contribution in [1.29, 1.82) is 0 Å². The highest BCUT2D eigenvalue weighted by atomic mass is 19.3. The van der Waals surface area contributed by atoms with Crippen LogP contribution in [0.3, 0.4) is 0 Å². The van der Waals surface area contributed by atoms with Crippen LogP contribution in [0.4, 0.5) is 8.78 Å². The molecule has 0 atom stereocenters. The molecule has 0 radical (unpaired) electrons. The van der Waals surface area contributed by atoms with Gasteiger partial charge >= 0.3 is 17.7 Å². The summed E-state index contributed by atoms with van der Waals surface area (Å²) < 4.78 is 28.0. The molecule has 106 valence electrons.